The lowest BCUT2D eigenvalue weighted by atomic mass is 10.1. The molecule has 2 aromatic carbocycles. The summed E-state index contributed by atoms with van der Waals surface area (Å²) in [4.78, 5) is 12.4. The second-order valence-electron chi connectivity index (χ2n) is 5.37. The molecular weight excluding hydrogens is 336 g/mol. The summed E-state index contributed by atoms with van der Waals surface area (Å²) in [7, 11) is 1.41. The van der Waals surface area contributed by atoms with Crippen LogP contribution in [-0.4, -0.2) is 13.1 Å². The maximum absolute atomic E-state index is 11.8. The van der Waals surface area contributed by atoms with Crippen LogP contribution in [0.5, 0.6) is 0 Å². The lowest BCUT2D eigenvalue weighted by Crippen LogP contribution is -1.96. The van der Waals surface area contributed by atoms with Gasteiger partial charge in [-0.3, -0.25) is 0 Å². The average Bonchev–Trinajstić information content (AvgIpc) is 3.25. The number of hydrogen-bond donors (Lipinski definition) is 0. The summed E-state index contributed by atoms with van der Waals surface area (Å²) in [6.45, 7) is 0. The van der Waals surface area contributed by atoms with Crippen molar-refractivity contribution in [3.63, 3.8) is 0 Å². The van der Waals surface area contributed by atoms with Gasteiger partial charge < -0.3 is 4.74 Å². The summed E-state index contributed by atoms with van der Waals surface area (Å²) in [6.07, 6.45) is 4.25. The summed E-state index contributed by atoms with van der Waals surface area (Å²) in [5.74, 6) is -0.283. The Bertz CT molecular complexity index is 1070. The van der Waals surface area contributed by atoms with E-state index in [2.05, 4.69) is 47.9 Å². The predicted molar refractivity (Wildman–Crippen MR) is 104 cm³/mol. The number of esters is 1. The van der Waals surface area contributed by atoms with Gasteiger partial charge in [0.1, 0.15) is 4.88 Å². The number of thiophene rings is 2. The van der Waals surface area contributed by atoms with Crippen LogP contribution in [0.25, 0.3) is 32.3 Å². The van der Waals surface area contributed by atoms with Crippen molar-refractivity contribution in [3.8, 4) is 0 Å². The molecule has 118 valence electrons. The van der Waals surface area contributed by atoms with Crippen molar-refractivity contribution < 1.29 is 9.53 Å². The zero-order valence-corrected chi connectivity index (χ0v) is 14.6. The third-order valence-corrected chi connectivity index (χ3v) is 5.92. The largest absolute Gasteiger partial charge is 0.465 e. The molecule has 0 aliphatic rings. The van der Waals surface area contributed by atoms with E-state index in [0.29, 0.717) is 4.88 Å². The Labute approximate surface area is 147 Å². The van der Waals surface area contributed by atoms with E-state index in [9.17, 15) is 4.79 Å². The Morgan fingerprint density at radius 3 is 2.42 bits per heavy atom. The maximum Gasteiger partial charge on any atom is 0.348 e. The SMILES string of the molecule is COC(=O)c1cc2c(C=Cc3cccc4sccc34)cccc2s1. The predicted octanol–water partition coefficient (Wildman–Crippen LogP) is 6.07. The Kier molecular flexibility index (Phi) is 3.92. The van der Waals surface area contributed by atoms with Crippen LogP contribution in [-0.2, 0) is 4.74 Å². The fourth-order valence-corrected chi connectivity index (χ4v) is 4.61. The summed E-state index contributed by atoms with van der Waals surface area (Å²) in [5, 5.41) is 4.47. The van der Waals surface area contributed by atoms with Gasteiger partial charge in [-0.1, -0.05) is 36.4 Å². The van der Waals surface area contributed by atoms with Crippen LogP contribution in [0.15, 0.2) is 53.9 Å². The first-order valence-electron chi connectivity index (χ1n) is 7.51. The van der Waals surface area contributed by atoms with Gasteiger partial charge in [-0.25, -0.2) is 4.79 Å². The number of rotatable bonds is 3. The maximum atomic E-state index is 11.8. The van der Waals surface area contributed by atoms with Gasteiger partial charge in [0.2, 0.25) is 0 Å². The molecule has 0 N–H and O–H groups in total. The van der Waals surface area contributed by atoms with Crippen molar-refractivity contribution >= 4 is 61.0 Å². The number of hydrogen-bond acceptors (Lipinski definition) is 4. The summed E-state index contributed by atoms with van der Waals surface area (Å²) in [6, 6.07) is 16.5. The van der Waals surface area contributed by atoms with Crippen LogP contribution in [0.2, 0.25) is 0 Å². The molecule has 0 saturated heterocycles. The standard InChI is InChI=1S/C20H14O2S2/c1-22-20(21)19-12-16-14(5-3-7-18(16)24-19)9-8-13-4-2-6-17-15(13)10-11-23-17/h2-12H,1H3. The molecule has 0 spiro atoms. The van der Waals surface area contributed by atoms with Crippen LogP contribution in [0, 0.1) is 0 Å². The second kappa shape index (κ2) is 6.23. The van der Waals surface area contributed by atoms with Gasteiger partial charge in [-0.2, -0.15) is 0 Å². The summed E-state index contributed by atoms with van der Waals surface area (Å²) in [5.41, 5.74) is 2.31. The highest BCUT2D eigenvalue weighted by atomic mass is 32.1. The van der Waals surface area contributed by atoms with Gasteiger partial charge in [0.25, 0.3) is 0 Å². The molecule has 4 heteroatoms. The van der Waals surface area contributed by atoms with Crippen molar-refractivity contribution in [3.05, 3.63) is 69.9 Å². The minimum absolute atomic E-state index is 0.283. The molecule has 0 radical (unpaired) electrons. The molecule has 0 bridgehead atoms. The Hall–Kier alpha value is -2.43. The van der Waals surface area contributed by atoms with E-state index in [1.165, 1.54) is 34.1 Å². The molecule has 4 aromatic rings. The third-order valence-electron chi connectivity index (χ3n) is 3.95. The molecule has 0 aliphatic carbocycles. The first kappa shape index (κ1) is 15.1. The first-order valence-corrected chi connectivity index (χ1v) is 9.21. The minimum atomic E-state index is -0.283. The Morgan fingerprint density at radius 1 is 0.958 bits per heavy atom. The van der Waals surface area contributed by atoms with Crippen molar-refractivity contribution in [1.29, 1.82) is 0 Å². The van der Waals surface area contributed by atoms with Gasteiger partial charge in [-0.05, 0) is 46.2 Å². The molecular formula is C20H14O2S2. The van der Waals surface area contributed by atoms with Crippen molar-refractivity contribution in [2.24, 2.45) is 0 Å². The fourth-order valence-electron chi connectivity index (χ4n) is 2.77. The molecule has 0 unspecified atom stereocenters. The smallest absolute Gasteiger partial charge is 0.348 e. The monoisotopic (exact) mass is 350 g/mol. The average molecular weight is 350 g/mol. The van der Waals surface area contributed by atoms with E-state index in [-0.39, 0.29) is 5.97 Å². The quantitative estimate of drug-likeness (QED) is 0.331. The van der Waals surface area contributed by atoms with Crippen LogP contribution >= 0.6 is 22.7 Å². The van der Waals surface area contributed by atoms with Crippen LogP contribution < -0.4 is 0 Å². The zero-order chi connectivity index (χ0) is 16.5. The van der Waals surface area contributed by atoms with E-state index in [1.54, 1.807) is 11.3 Å². The molecule has 0 aliphatic heterocycles. The van der Waals surface area contributed by atoms with E-state index in [0.717, 1.165) is 15.6 Å². The van der Waals surface area contributed by atoms with Gasteiger partial charge >= 0.3 is 5.97 Å². The number of methoxy groups -OCH3 is 1. The second-order valence-corrected chi connectivity index (χ2v) is 7.41. The van der Waals surface area contributed by atoms with Crippen LogP contribution in [0.4, 0.5) is 0 Å². The molecule has 0 atom stereocenters. The molecule has 24 heavy (non-hydrogen) atoms. The Morgan fingerprint density at radius 2 is 1.67 bits per heavy atom. The normalized spacial score (nSPS) is 11.5. The highest BCUT2D eigenvalue weighted by Gasteiger charge is 2.11. The van der Waals surface area contributed by atoms with Crippen molar-refractivity contribution in [2.75, 3.05) is 7.11 Å². The first-order chi connectivity index (χ1) is 11.8. The molecule has 0 saturated carbocycles. The number of carbonyl (C=O) groups excluding carboxylic acids is 1. The van der Waals surface area contributed by atoms with E-state index in [4.69, 9.17) is 4.74 Å². The Balaban J connectivity index is 1.78. The molecule has 0 amide bonds. The fraction of sp³-hybridized carbons (Fsp3) is 0.0500. The minimum Gasteiger partial charge on any atom is -0.465 e. The zero-order valence-electron chi connectivity index (χ0n) is 13.0. The molecule has 0 fully saturated rings. The van der Waals surface area contributed by atoms with Gasteiger partial charge in [0.05, 0.1) is 7.11 Å². The lowest BCUT2D eigenvalue weighted by molar-refractivity contribution is 0.0606. The van der Waals surface area contributed by atoms with E-state index >= 15 is 0 Å². The van der Waals surface area contributed by atoms with Crippen molar-refractivity contribution in [1.82, 2.24) is 0 Å². The van der Waals surface area contributed by atoms with Crippen LogP contribution in [0.1, 0.15) is 20.8 Å². The molecule has 2 aromatic heterocycles. The van der Waals surface area contributed by atoms with E-state index in [1.807, 2.05) is 18.2 Å². The van der Waals surface area contributed by atoms with Gasteiger partial charge in [-0.15, -0.1) is 22.7 Å². The van der Waals surface area contributed by atoms with E-state index < -0.39 is 0 Å². The van der Waals surface area contributed by atoms with Crippen LogP contribution in [0.3, 0.4) is 0 Å². The molecule has 2 nitrogen and oxygen atoms in total. The lowest BCUT2D eigenvalue weighted by Gasteiger charge is -1.99. The topological polar surface area (TPSA) is 26.3 Å². The molecule has 2 heterocycles. The summed E-state index contributed by atoms with van der Waals surface area (Å²) >= 11 is 3.21. The van der Waals surface area contributed by atoms with Gasteiger partial charge in [0.15, 0.2) is 0 Å². The molecule has 4 rings (SSSR count). The highest BCUT2D eigenvalue weighted by Crippen LogP contribution is 2.31. The number of ether oxygens (including phenoxy) is 1. The van der Waals surface area contributed by atoms with Gasteiger partial charge in [0, 0.05) is 14.8 Å². The number of benzene rings is 2. The highest BCUT2D eigenvalue weighted by molar-refractivity contribution is 7.20. The third kappa shape index (κ3) is 2.64. The van der Waals surface area contributed by atoms with Crippen molar-refractivity contribution in [2.45, 2.75) is 0 Å². The number of fused-ring (bicyclic) bond motifs is 2. The summed E-state index contributed by atoms with van der Waals surface area (Å²) < 4.78 is 7.21. The number of carbonyl (C=O) groups is 1.